The lowest BCUT2D eigenvalue weighted by Crippen LogP contribution is -2.54. The summed E-state index contributed by atoms with van der Waals surface area (Å²) in [6.45, 7) is 3.84. The standard InChI is InChI=1S/C23H25ClFN3O7S/c1-15-11-27(12-16-2-5-19(25)6-3-16)8-9-28(15)21(29)13-35-20-7-4-18(24)10-17(20)14-36(33,34)26-22(30)23(31)32/h2-7,10,15H,8-9,11-14H2,1H3,(H,26,30)(H,31,32). The van der Waals surface area contributed by atoms with Crippen LogP contribution in [0.1, 0.15) is 18.1 Å². The molecule has 2 amide bonds. The molecule has 194 valence electrons. The van der Waals surface area contributed by atoms with Crippen LogP contribution in [0.15, 0.2) is 42.5 Å². The molecule has 1 aliphatic rings. The highest BCUT2D eigenvalue weighted by Gasteiger charge is 2.28. The summed E-state index contributed by atoms with van der Waals surface area (Å²) in [6, 6.07) is 10.3. The van der Waals surface area contributed by atoms with Crippen molar-refractivity contribution >= 4 is 39.4 Å². The van der Waals surface area contributed by atoms with E-state index < -0.39 is 27.7 Å². The number of carbonyl (C=O) groups is 3. The minimum atomic E-state index is -4.36. The summed E-state index contributed by atoms with van der Waals surface area (Å²) in [4.78, 5) is 38.6. The zero-order chi connectivity index (χ0) is 26.5. The van der Waals surface area contributed by atoms with E-state index >= 15 is 0 Å². The van der Waals surface area contributed by atoms with Crippen LogP contribution in [0.5, 0.6) is 5.75 Å². The molecule has 13 heteroatoms. The van der Waals surface area contributed by atoms with Crippen molar-refractivity contribution in [2.75, 3.05) is 26.2 Å². The second-order valence-electron chi connectivity index (χ2n) is 8.33. The molecule has 0 radical (unpaired) electrons. The van der Waals surface area contributed by atoms with E-state index in [1.54, 1.807) is 17.0 Å². The van der Waals surface area contributed by atoms with E-state index in [-0.39, 0.29) is 40.7 Å². The number of carboxylic acid groups (broad SMARTS) is 1. The largest absolute Gasteiger partial charge is 0.483 e. The van der Waals surface area contributed by atoms with E-state index in [2.05, 4.69) is 4.90 Å². The van der Waals surface area contributed by atoms with E-state index in [0.717, 1.165) is 5.56 Å². The van der Waals surface area contributed by atoms with Crippen molar-refractivity contribution in [1.29, 1.82) is 0 Å². The van der Waals surface area contributed by atoms with Crippen molar-refractivity contribution in [2.45, 2.75) is 25.3 Å². The molecule has 0 aliphatic carbocycles. The van der Waals surface area contributed by atoms with E-state index in [1.807, 2.05) is 6.92 Å². The Balaban J connectivity index is 1.59. The predicted molar refractivity (Wildman–Crippen MR) is 128 cm³/mol. The Kier molecular flexibility index (Phi) is 8.88. The Morgan fingerprint density at radius 1 is 1.17 bits per heavy atom. The third-order valence-electron chi connectivity index (χ3n) is 5.51. The van der Waals surface area contributed by atoms with Crippen LogP contribution in [-0.4, -0.2) is 73.4 Å². The highest BCUT2D eigenvalue weighted by atomic mass is 35.5. The molecule has 1 aliphatic heterocycles. The van der Waals surface area contributed by atoms with Crippen LogP contribution in [0, 0.1) is 5.82 Å². The molecule has 0 aromatic heterocycles. The highest BCUT2D eigenvalue weighted by Crippen LogP contribution is 2.25. The Bertz CT molecular complexity index is 1240. The van der Waals surface area contributed by atoms with Gasteiger partial charge in [-0.15, -0.1) is 0 Å². The Labute approximate surface area is 212 Å². The molecule has 10 nitrogen and oxygen atoms in total. The van der Waals surface area contributed by atoms with Crippen molar-refractivity contribution < 1.29 is 37.0 Å². The van der Waals surface area contributed by atoms with Gasteiger partial charge in [0.25, 0.3) is 5.91 Å². The maximum Gasteiger partial charge on any atom is 0.395 e. The van der Waals surface area contributed by atoms with E-state index in [0.29, 0.717) is 26.2 Å². The normalized spacial score (nSPS) is 16.4. The van der Waals surface area contributed by atoms with Gasteiger partial charge in [-0.3, -0.25) is 14.5 Å². The third kappa shape index (κ3) is 7.64. The Hall–Kier alpha value is -3.22. The summed E-state index contributed by atoms with van der Waals surface area (Å²) in [5.41, 5.74) is 1.02. The van der Waals surface area contributed by atoms with Crippen molar-refractivity contribution in [3.8, 4) is 5.75 Å². The number of benzene rings is 2. The second-order valence-corrected chi connectivity index (χ2v) is 10.5. The molecule has 0 bridgehead atoms. The fourth-order valence-electron chi connectivity index (χ4n) is 3.84. The summed E-state index contributed by atoms with van der Waals surface area (Å²) in [5, 5.41) is 8.81. The number of hydrogen-bond acceptors (Lipinski definition) is 7. The fourth-order valence-corrected chi connectivity index (χ4v) is 5.12. The monoisotopic (exact) mass is 541 g/mol. The van der Waals surface area contributed by atoms with Crippen molar-refractivity contribution in [3.63, 3.8) is 0 Å². The number of rotatable bonds is 8. The molecule has 2 aromatic carbocycles. The molecule has 1 fully saturated rings. The first-order chi connectivity index (χ1) is 16.9. The number of ether oxygens (including phenoxy) is 1. The number of sulfonamides is 1. The fraction of sp³-hybridized carbons (Fsp3) is 0.348. The van der Waals surface area contributed by atoms with Crippen LogP contribution < -0.4 is 9.46 Å². The van der Waals surface area contributed by atoms with Crippen molar-refractivity contribution in [1.82, 2.24) is 14.5 Å². The highest BCUT2D eigenvalue weighted by molar-refractivity contribution is 7.89. The summed E-state index contributed by atoms with van der Waals surface area (Å²) in [6.07, 6.45) is 0. The van der Waals surface area contributed by atoms with Gasteiger partial charge in [-0.2, -0.15) is 0 Å². The molecule has 1 saturated heterocycles. The number of halogens is 2. The maximum absolute atomic E-state index is 13.1. The topological polar surface area (TPSA) is 133 Å². The summed E-state index contributed by atoms with van der Waals surface area (Å²) >= 11 is 5.95. The molecular formula is C23H25ClFN3O7S. The van der Waals surface area contributed by atoms with E-state index in [9.17, 15) is 27.2 Å². The van der Waals surface area contributed by atoms with Gasteiger partial charge in [0.2, 0.25) is 10.0 Å². The lowest BCUT2D eigenvalue weighted by atomic mass is 10.1. The number of nitrogens with zero attached hydrogens (tertiary/aromatic N) is 2. The van der Waals surface area contributed by atoms with Gasteiger partial charge in [0.05, 0.1) is 5.75 Å². The SMILES string of the molecule is CC1CN(Cc2ccc(F)cc2)CCN1C(=O)COc1ccc(Cl)cc1CS(=O)(=O)NC(=O)C(=O)O. The first-order valence-electron chi connectivity index (χ1n) is 10.9. The number of nitrogens with one attached hydrogen (secondary N) is 1. The smallest absolute Gasteiger partial charge is 0.395 e. The minimum Gasteiger partial charge on any atom is -0.483 e. The number of carboxylic acids is 1. The van der Waals surface area contributed by atoms with Crippen LogP contribution in [0.3, 0.4) is 0 Å². The van der Waals surface area contributed by atoms with Gasteiger partial charge < -0.3 is 14.7 Å². The Morgan fingerprint density at radius 3 is 2.50 bits per heavy atom. The van der Waals surface area contributed by atoms with Crippen LogP contribution >= 0.6 is 11.6 Å². The molecule has 36 heavy (non-hydrogen) atoms. The summed E-state index contributed by atoms with van der Waals surface area (Å²) in [5.74, 6) is -4.96. The molecule has 2 N–H and O–H groups in total. The van der Waals surface area contributed by atoms with E-state index in [4.69, 9.17) is 21.4 Å². The van der Waals surface area contributed by atoms with Gasteiger partial charge in [0.1, 0.15) is 11.6 Å². The quantitative estimate of drug-likeness (QED) is 0.482. The first kappa shape index (κ1) is 27.4. The lowest BCUT2D eigenvalue weighted by molar-refractivity contribution is -0.149. The lowest BCUT2D eigenvalue weighted by Gasteiger charge is -2.39. The zero-order valence-corrected chi connectivity index (χ0v) is 20.9. The molecule has 1 heterocycles. The summed E-state index contributed by atoms with van der Waals surface area (Å²) < 4.78 is 44.5. The zero-order valence-electron chi connectivity index (χ0n) is 19.3. The minimum absolute atomic E-state index is 0.0538. The number of amides is 2. The maximum atomic E-state index is 13.1. The van der Waals surface area contributed by atoms with Gasteiger partial charge in [-0.25, -0.2) is 22.3 Å². The molecule has 0 spiro atoms. The Morgan fingerprint density at radius 2 is 1.86 bits per heavy atom. The second kappa shape index (κ2) is 11.7. The summed E-state index contributed by atoms with van der Waals surface area (Å²) in [7, 11) is -4.36. The number of hydrogen-bond donors (Lipinski definition) is 2. The van der Waals surface area contributed by atoms with Crippen molar-refractivity contribution in [3.05, 3.63) is 64.4 Å². The van der Waals surface area contributed by atoms with Gasteiger partial charge in [-0.05, 0) is 42.8 Å². The molecule has 2 aromatic rings. The number of aliphatic carboxylic acids is 1. The van der Waals surface area contributed by atoms with Gasteiger partial charge in [0, 0.05) is 42.8 Å². The number of piperazine rings is 1. The average molecular weight is 542 g/mol. The van der Waals surface area contributed by atoms with Crippen LogP contribution in [-0.2, 0) is 36.7 Å². The van der Waals surface area contributed by atoms with Crippen LogP contribution in [0.2, 0.25) is 5.02 Å². The molecule has 1 atom stereocenters. The average Bonchev–Trinajstić information content (AvgIpc) is 2.79. The third-order valence-corrected chi connectivity index (χ3v) is 6.94. The van der Waals surface area contributed by atoms with Gasteiger partial charge >= 0.3 is 11.9 Å². The van der Waals surface area contributed by atoms with Crippen molar-refractivity contribution in [2.24, 2.45) is 0 Å². The molecule has 3 rings (SSSR count). The predicted octanol–water partition coefficient (Wildman–Crippen LogP) is 1.62. The first-order valence-corrected chi connectivity index (χ1v) is 12.9. The number of carbonyl (C=O) groups excluding carboxylic acids is 2. The van der Waals surface area contributed by atoms with E-state index in [1.165, 1.54) is 35.1 Å². The molecule has 0 saturated carbocycles. The van der Waals surface area contributed by atoms with Crippen LogP contribution in [0.25, 0.3) is 0 Å². The molecular weight excluding hydrogens is 517 g/mol. The molecule has 1 unspecified atom stereocenters. The van der Waals surface area contributed by atoms with Gasteiger partial charge in [-0.1, -0.05) is 23.7 Å². The van der Waals surface area contributed by atoms with Gasteiger partial charge in [0.15, 0.2) is 6.61 Å². The van der Waals surface area contributed by atoms with Crippen LogP contribution in [0.4, 0.5) is 4.39 Å².